The Kier molecular flexibility index (Phi) is 3.76. The second-order valence-corrected chi connectivity index (χ2v) is 6.94. The molecular weight excluding hydrogens is 220 g/mol. The van der Waals surface area contributed by atoms with Gasteiger partial charge in [0, 0.05) is 12.6 Å². The molecule has 1 N–H and O–H groups in total. The summed E-state index contributed by atoms with van der Waals surface area (Å²) in [5.41, 5.74) is 0. The van der Waals surface area contributed by atoms with Gasteiger partial charge in [-0.2, -0.15) is 0 Å². The summed E-state index contributed by atoms with van der Waals surface area (Å²) in [5, 5.41) is 3.75. The van der Waals surface area contributed by atoms with Crippen molar-refractivity contribution in [3.63, 3.8) is 0 Å². The number of nitrogens with one attached hydrogen (secondary N) is 1. The number of hydrogen-bond acceptors (Lipinski definition) is 2. The lowest BCUT2D eigenvalue weighted by atomic mass is 9.93. The number of allylic oxidation sites excluding steroid dienone is 2. The second-order valence-electron chi connectivity index (χ2n) is 6.94. The summed E-state index contributed by atoms with van der Waals surface area (Å²) in [6.45, 7) is 9.74. The Morgan fingerprint density at radius 3 is 2.72 bits per heavy atom. The lowest BCUT2D eigenvalue weighted by molar-refractivity contribution is 0.263. The fourth-order valence-electron chi connectivity index (χ4n) is 4.10. The van der Waals surface area contributed by atoms with Crippen LogP contribution >= 0.6 is 0 Å². The first-order chi connectivity index (χ1) is 8.72. The van der Waals surface area contributed by atoms with Crippen molar-refractivity contribution in [3.8, 4) is 0 Å². The molecule has 2 heteroatoms. The molecule has 102 valence electrons. The summed E-state index contributed by atoms with van der Waals surface area (Å²) < 4.78 is 0. The molecule has 1 saturated carbocycles. The molecule has 1 heterocycles. The van der Waals surface area contributed by atoms with Crippen molar-refractivity contribution in [2.45, 2.75) is 39.2 Å². The van der Waals surface area contributed by atoms with E-state index in [0.29, 0.717) is 0 Å². The third-order valence-electron chi connectivity index (χ3n) is 5.30. The minimum absolute atomic E-state index is 0.728. The molecule has 4 unspecified atom stereocenters. The van der Waals surface area contributed by atoms with Crippen LogP contribution in [-0.4, -0.2) is 37.1 Å². The zero-order valence-electron chi connectivity index (χ0n) is 11.9. The second kappa shape index (κ2) is 5.34. The molecule has 2 bridgehead atoms. The Morgan fingerprint density at radius 2 is 2.11 bits per heavy atom. The average Bonchev–Trinajstić information content (AvgIpc) is 3.03. The van der Waals surface area contributed by atoms with Crippen molar-refractivity contribution in [1.29, 1.82) is 0 Å². The third kappa shape index (κ3) is 2.65. The minimum atomic E-state index is 0.728. The molecule has 4 atom stereocenters. The van der Waals surface area contributed by atoms with E-state index in [0.717, 1.165) is 29.7 Å². The molecule has 0 amide bonds. The van der Waals surface area contributed by atoms with E-state index in [2.05, 4.69) is 36.2 Å². The minimum Gasteiger partial charge on any atom is -0.316 e. The fraction of sp³-hybridized carbons (Fsp3) is 0.875. The van der Waals surface area contributed by atoms with E-state index in [4.69, 9.17) is 0 Å². The average molecular weight is 248 g/mol. The Morgan fingerprint density at radius 1 is 1.22 bits per heavy atom. The first-order valence-corrected chi connectivity index (χ1v) is 7.85. The molecule has 0 radical (unpaired) electrons. The lowest BCUT2D eigenvalue weighted by Gasteiger charge is -2.22. The van der Waals surface area contributed by atoms with Crippen LogP contribution in [0.3, 0.4) is 0 Å². The van der Waals surface area contributed by atoms with Gasteiger partial charge in [0.1, 0.15) is 0 Å². The van der Waals surface area contributed by atoms with Gasteiger partial charge in [0.2, 0.25) is 0 Å². The smallest absolute Gasteiger partial charge is 0.00387 e. The van der Waals surface area contributed by atoms with Crippen LogP contribution in [0.15, 0.2) is 12.2 Å². The largest absolute Gasteiger partial charge is 0.316 e. The quantitative estimate of drug-likeness (QED) is 0.752. The zero-order chi connectivity index (χ0) is 12.5. The molecule has 1 aliphatic heterocycles. The van der Waals surface area contributed by atoms with Crippen LogP contribution in [-0.2, 0) is 0 Å². The van der Waals surface area contributed by atoms with Gasteiger partial charge >= 0.3 is 0 Å². The normalized spacial score (nSPS) is 39.3. The number of likely N-dealkylation sites (tertiary alicyclic amines) is 1. The molecule has 2 fully saturated rings. The van der Waals surface area contributed by atoms with Crippen LogP contribution in [0.2, 0.25) is 0 Å². The standard InChI is InChI=1S/C16H28N2/c1-12(2)18-6-5-14(11-18)9-17-10-16-8-13-3-4-15(16)7-13/h3-4,12-17H,5-11H2,1-2H3. The van der Waals surface area contributed by atoms with Crippen molar-refractivity contribution in [2.24, 2.45) is 23.7 Å². The maximum Gasteiger partial charge on any atom is 0.00387 e. The van der Waals surface area contributed by atoms with Crippen molar-refractivity contribution in [3.05, 3.63) is 12.2 Å². The first kappa shape index (κ1) is 12.7. The van der Waals surface area contributed by atoms with Gasteiger partial charge in [-0.3, -0.25) is 0 Å². The van der Waals surface area contributed by atoms with E-state index in [9.17, 15) is 0 Å². The summed E-state index contributed by atoms with van der Waals surface area (Å²) in [7, 11) is 0. The fourth-order valence-corrected chi connectivity index (χ4v) is 4.10. The molecule has 1 saturated heterocycles. The van der Waals surface area contributed by atoms with Gasteiger partial charge in [0.05, 0.1) is 0 Å². The maximum absolute atomic E-state index is 3.75. The van der Waals surface area contributed by atoms with Crippen molar-refractivity contribution >= 4 is 0 Å². The molecule has 0 aromatic heterocycles. The van der Waals surface area contributed by atoms with Crippen molar-refractivity contribution in [1.82, 2.24) is 10.2 Å². The molecule has 3 aliphatic rings. The topological polar surface area (TPSA) is 15.3 Å². The summed E-state index contributed by atoms with van der Waals surface area (Å²) >= 11 is 0. The Labute approximate surface area is 112 Å². The van der Waals surface area contributed by atoms with E-state index < -0.39 is 0 Å². The van der Waals surface area contributed by atoms with Crippen LogP contribution in [0.1, 0.15) is 33.1 Å². The van der Waals surface area contributed by atoms with Crippen molar-refractivity contribution < 1.29 is 0 Å². The molecule has 0 aromatic carbocycles. The third-order valence-corrected chi connectivity index (χ3v) is 5.30. The van der Waals surface area contributed by atoms with E-state index in [1.54, 1.807) is 0 Å². The molecule has 0 aromatic rings. The summed E-state index contributed by atoms with van der Waals surface area (Å²) in [4.78, 5) is 2.62. The van der Waals surface area contributed by atoms with Crippen LogP contribution < -0.4 is 5.32 Å². The van der Waals surface area contributed by atoms with Crippen LogP contribution in [0.25, 0.3) is 0 Å². The van der Waals surface area contributed by atoms with Gasteiger partial charge in [0.25, 0.3) is 0 Å². The highest BCUT2D eigenvalue weighted by molar-refractivity contribution is 5.10. The molecule has 3 rings (SSSR count). The zero-order valence-corrected chi connectivity index (χ0v) is 11.9. The van der Waals surface area contributed by atoms with E-state index >= 15 is 0 Å². The SMILES string of the molecule is CC(C)N1CCC(CNCC2CC3C=CC2C3)C1. The van der Waals surface area contributed by atoms with Gasteiger partial charge in [0.15, 0.2) is 0 Å². The Balaban J connectivity index is 1.35. The predicted octanol–water partition coefficient (Wildman–Crippen LogP) is 2.52. The van der Waals surface area contributed by atoms with Gasteiger partial charge in [-0.05, 0) is 76.4 Å². The van der Waals surface area contributed by atoms with E-state index in [-0.39, 0.29) is 0 Å². The van der Waals surface area contributed by atoms with Gasteiger partial charge in [-0.15, -0.1) is 0 Å². The monoisotopic (exact) mass is 248 g/mol. The summed E-state index contributed by atoms with van der Waals surface area (Å²) in [5.74, 6) is 3.65. The van der Waals surface area contributed by atoms with Crippen LogP contribution in [0, 0.1) is 23.7 Å². The summed E-state index contributed by atoms with van der Waals surface area (Å²) in [6, 6.07) is 0.728. The Hall–Kier alpha value is -0.340. The molecule has 2 aliphatic carbocycles. The summed E-state index contributed by atoms with van der Waals surface area (Å²) in [6.07, 6.45) is 9.19. The highest BCUT2D eigenvalue weighted by atomic mass is 15.2. The Bertz CT molecular complexity index is 310. The van der Waals surface area contributed by atoms with E-state index in [1.807, 2.05) is 0 Å². The molecule has 18 heavy (non-hydrogen) atoms. The molecular formula is C16H28N2. The highest BCUT2D eigenvalue weighted by Gasteiger charge is 2.35. The van der Waals surface area contributed by atoms with Crippen LogP contribution in [0.4, 0.5) is 0 Å². The first-order valence-electron chi connectivity index (χ1n) is 7.85. The number of rotatable bonds is 5. The predicted molar refractivity (Wildman–Crippen MR) is 76.5 cm³/mol. The molecule has 2 nitrogen and oxygen atoms in total. The van der Waals surface area contributed by atoms with Crippen LogP contribution in [0.5, 0.6) is 0 Å². The van der Waals surface area contributed by atoms with Gasteiger partial charge < -0.3 is 10.2 Å². The maximum atomic E-state index is 3.75. The van der Waals surface area contributed by atoms with Gasteiger partial charge in [-0.1, -0.05) is 12.2 Å². The van der Waals surface area contributed by atoms with Gasteiger partial charge in [-0.25, -0.2) is 0 Å². The number of nitrogens with zero attached hydrogens (tertiary/aromatic N) is 1. The van der Waals surface area contributed by atoms with E-state index in [1.165, 1.54) is 45.4 Å². The molecule has 0 spiro atoms. The number of fused-ring (bicyclic) bond motifs is 2. The lowest BCUT2D eigenvalue weighted by Crippen LogP contribution is -2.33. The number of hydrogen-bond donors (Lipinski definition) is 1. The van der Waals surface area contributed by atoms with Crippen molar-refractivity contribution in [2.75, 3.05) is 26.2 Å². The highest BCUT2D eigenvalue weighted by Crippen LogP contribution is 2.42.